The van der Waals surface area contributed by atoms with Gasteiger partial charge >= 0.3 is 0 Å². The molecule has 4 aromatic carbocycles. The van der Waals surface area contributed by atoms with E-state index in [-0.39, 0.29) is 0 Å². The zero-order valence-electron chi connectivity index (χ0n) is 16.0. The van der Waals surface area contributed by atoms with Crippen LogP contribution in [-0.4, -0.2) is 6.29 Å². The molecule has 0 saturated carbocycles. The van der Waals surface area contributed by atoms with Crippen LogP contribution in [0.4, 0.5) is 0 Å². The Hall–Kier alpha value is -3.89. The smallest absolute Gasteiger partial charge is 0.150 e. The Morgan fingerprint density at radius 3 is 1.79 bits per heavy atom. The van der Waals surface area contributed by atoms with Gasteiger partial charge in [0, 0.05) is 16.7 Å². The summed E-state index contributed by atoms with van der Waals surface area (Å²) in [4.78, 5) is 11.2. The summed E-state index contributed by atoms with van der Waals surface area (Å²) in [5.41, 5.74) is 7.19. The molecule has 0 heterocycles. The Morgan fingerprint density at radius 2 is 1.14 bits per heavy atom. The van der Waals surface area contributed by atoms with Crippen LogP contribution in [0.1, 0.15) is 32.6 Å². The van der Waals surface area contributed by atoms with Crippen LogP contribution in [0, 0.1) is 11.8 Å². The molecular formula is C28H20O. The van der Waals surface area contributed by atoms with E-state index in [0.29, 0.717) is 5.56 Å². The van der Waals surface area contributed by atoms with E-state index >= 15 is 0 Å². The van der Waals surface area contributed by atoms with Gasteiger partial charge in [0.2, 0.25) is 0 Å². The molecular weight excluding hydrogens is 352 g/mol. The third-order valence-electron chi connectivity index (χ3n) is 4.84. The molecule has 0 saturated heterocycles. The molecule has 0 N–H and O–H groups in total. The fourth-order valence-electron chi connectivity index (χ4n) is 3.28. The molecule has 0 aliphatic heterocycles. The van der Waals surface area contributed by atoms with Crippen molar-refractivity contribution in [2.24, 2.45) is 0 Å². The molecule has 29 heavy (non-hydrogen) atoms. The summed E-state index contributed by atoms with van der Waals surface area (Å²) in [5.74, 6) is 6.45. The number of carbonyl (C=O) groups is 1. The number of hydrogen-bond acceptors (Lipinski definition) is 1. The fourth-order valence-corrected chi connectivity index (χ4v) is 3.28. The van der Waals surface area contributed by atoms with E-state index in [4.69, 9.17) is 0 Å². The molecule has 0 radical (unpaired) electrons. The molecule has 0 fully saturated rings. The lowest BCUT2D eigenvalue weighted by Crippen LogP contribution is -1.88. The van der Waals surface area contributed by atoms with E-state index in [1.54, 1.807) is 0 Å². The Balaban J connectivity index is 1.47. The molecule has 1 heteroatoms. The molecule has 0 aliphatic carbocycles. The minimum Gasteiger partial charge on any atom is -0.298 e. The molecule has 0 aliphatic rings. The quantitative estimate of drug-likeness (QED) is 0.310. The molecule has 4 rings (SSSR count). The first-order chi connectivity index (χ1) is 14.3. The number of hydrogen-bond donors (Lipinski definition) is 0. The van der Waals surface area contributed by atoms with Crippen LogP contribution in [0.5, 0.6) is 0 Å². The van der Waals surface area contributed by atoms with Gasteiger partial charge in [-0.15, -0.1) is 0 Å². The highest BCUT2D eigenvalue weighted by Gasteiger charge is 2.03. The predicted molar refractivity (Wildman–Crippen MR) is 119 cm³/mol. The lowest BCUT2D eigenvalue weighted by molar-refractivity contribution is 0.112. The molecule has 138 valence electrons. The lowest BCUT2D eigenvalue weighted by atomic mass is 9.99. The highest BCUT2D eigenvalue weighted by Crippen LogP contribution is 2.22. The summed E-state index contributed by atoms with van der Waals surface area (Å²) in [5, 5.41) is 0. The molecule has 4 aromatic rings. The highest BCUT2D eigenvalue weighted by molar-refractivity contribution is 5.87. The van der Waals surface area contributed by atoms with Crippen LogP contribution in [0.25, 0.3) is 11.1 Å². The van der Waals surface area contributed by atoms with Crippen molar-refractivity contribution in [1.82, 2.24) is 0 Å². The maximum Gasteiger partial charge on any atom is 0.150 e. The number of aldehydes is 1. The van der Waals surface area contributed by atoms with Crippen molar-refractivity contribution < 1.29 is 4.79 Å². The lowest BCUT2D eigenvalue weighted by Gasteiger charge is -2.04. The van der Waals surface area contributed by atoms with E-state index in [1.807, 2.05) is 54.6 Å². The summed E-state index contributed by atoms with van der Waals surface area (Å²) >= 11 is 0. The Kier molecular flexibility index (Phi) is 5.65. The van der Waals surface area contributed by atoms with Gasteiger partial charge in [-0.2, -0.15) is 0 Å². The summed E-state index contributed by atoms with van der Waals surface area (Å²) < 4.78 is 0. The summed E-state index contributed by atoms with van der Waals surface area (Å²) in [6.07, 6.45) is 1.82. The van der Waals surface area contributed by atoms with Crippen LogP contribution in [0.3, 0.4) is 0 Å². The summed E-state index contributed by atoms with van der Waals surface area (Å²) in [6, 6.07) is 34.5. The standard InChI is InChI=1S/C28H20O/c29-21-27-8-4-5-9-28(27)26-18-16-23(17-19-26)11-10-22-12-14-25(15-13-22)20-24-6-2-1-3-7-24/h1-9,12-19,21H,20H2. The summed E-state index contributed by atoms with van der Waals surface area (Å²) in [7, 11) is 0. The van der Waals surface area contributed by atoms with Gasteiger partial charge in [0.1, 0.15) is 0 Å². The van der Waals surface area contributed by atoms with Crippen molar-refractivity contribution in [3.8, 4) is 23.0 Å². The average Bonchev–Trinajstić information content (AvgIpc) is 2.80. The van der Waals surface area contributed by atoms with Crippen LogP contribution in [0.2, 0.25) is 0 Å². The minimum absolute atomic E-state index is 0.696. The zero-order valence-corrected chi connectivity index (χ0v) is 16.0. The van der Waals surface area contributed by atoms with Crippen LogP contribution >= 0.6 is 0 Å². The Morgan fingerprint density at radius 1 is 0.586 bits per heavy atom. The first kappa shape index (κ1) is 18.5. The van der Waals surface area contributed by atoms with Gasteiger partial charge < -0.3 is 0 Å². The third-order valence-corrected chi connectivity index (χ3v) is 4.84. The third kappa shape index (κ3) is 4.69. The topological polar surface area (TPSA) is 17.1 Å². The second kappa shape index (κ2) is 8.87. The summed E-state index contributed by atoms with van der Waals surface area (Å²) in [6.45, 7) is 0. The molecule has 0 atom stereocenters. The SMILES string of the molecule is O=Cc1ccccc1-c1ccc(C#Cc2ccc(Cc3ccccc3)cc2)cc1. The van der Waals surface area contributed by atoms with Crippen LogP contribution < -0.4 is 0 Å². The largest absolute Gasteiger partial charge is 0.298 e. The van der Waals surface area contributed by atoms with E-state index in [9.17, 15) is 4.79 Å². The predicted octanol–water partition coefficient (Wildman–Crippen LogP) is 6.16. The zero-order chi connectivity index (χ0) is 19.9. The molecule has 0 amide bonds. The fraction of sp³-hybridized carbons (Fsp3) is 0.0357. The van der Waals surface area contributed by atoms with Gasteiger partial charge in [0.05, 0.1) is 0 Å². The maximum atomic E-state index is 11.2. The highest BCUT2D eigenvalue weighted by atomic mass is 16.1. The van der Waals surface area contributed by atoms with E-state index < -0.39 is 0 Å². The van der Waals surface area contributed by atoms with Crippen molar-refractivity contribution in [2.75, 3.05) is 0 Å². The Bertz CT molecular complexity index is 1160. The van der Waals surface area contributed by atoms with Crippen molar-refractivity contribution in [3.63, 3.8) is 0 Å². The normalized spacial score (nSPS) is 10.1. The van der Waals surface area contributed by atoms with Gasteiger partial charge in [-0.1, -0.05) is 90.7 Å². The van der Waals surface area contributed by atoms with Crippen LogP contribution in [-0.2, 0) is 6.42 Å². The number of rotatable bonds is 4. The van der Waals surface area contributed by atoms with Crippen molar-refractivity contribution in [1.29, 1.82) is 0 Å². The van der Waals surface area contributed by atoms with E-state index in [1.165, 1.54) is 11.1 Å². The molecule has 1 nitrogen and oxygen atoms in total. The first-order valence-corrected chi connectivity index (χ1v) is 9.61. The Labute approximate surface area is 171 Å². The molecule has 0 aromatic heterocycles. The van der Waals surface area contributed by atoms with Gasteiger partial charge in [-0.25, -0.2) is 0 Å². The van der Waals surface area contributed by atoms with Gasteiger partial charge in [0.25, 0.3) is 0 Å². The van der Waals surface area contributed by atoms with Crippen molar-refractivity contribution in [3.05, 3.63) is 131 Å². The first-order valence-electron chi connectivity index (χ1n) is 9.61. The van der Waals surface area contributed by atoms with Crippen LogP contribution in [0.15, 0.2) is 103 Å². The van der Waals surface area contributed by atoms with E-state index in [0.717, 1.165) is 35.0 Å². The number of carbonyl (C=O) groups excluding carboxylic acids is 1. The second-order valence-electron chi connectivity index (χ2n) is 6.89. The number of benzene rings is 4. The van der Waals surface area contributed by atoms with Gasteiger partial charge in [0.15, 0.2) is 6.29 Å². The van der Waals surface area contributed by atoms with Crippen molar-refractivity contribution in [2.45, 2.75) is 6.42 Å². The molecule has 0 unspecified atom stereocenters. The van der Waals surface area contributed by atoms with Crippen molar-refractivity contribution >= 4 is 6.29 Å². The maximum absolute atomic E-state index is 11.2. The van der Waals surface area contributed by atoms with Gasteiger partial charge in [-0.05, 0) is 52.9 Å². The monoisotopic (exact) mass is 372 g/mol. The molecule has 0 spiro atoms. The van der Waals surface area contributed by atoms with E-state index in [2.05, 4.69) is 60.4 Å². The minimum atomic E-state index is 0.696. The van der Waals surface area contributed by atoms with Gasteiger partial charge in [-0.3, -0.25) is 4.79 Å². The average molecular weight is 372 g/mol. The second-order valence-corrected chi connectivity index (χ2v) is 6.89. The molecule has 0 bridgehead atoms.